The molecule has 21 heavy (non-hydrogen) atoms. The highest BCUT2D eigenvalue weighted by molar-refractivity contribution is 5.28. The van der Waals surface area contributed by atoms with Gasteiger partial charge in [0.15, 0.2) is 0 Å². The summed E-state index contributed by atoms with van der Waals surface area (Å²) in [4.78, 5) is 0. The zero-order chi connectivity index (χ0) is 15.1. The van der Waals surface area contributed by atoms with E-state index in [9.17, 15) is 15.3 Å². The summed E-state index contributed by atoms with van der Waals surface area (Å²) in [5.74, 6) is 0.449. The Morgan fingerprint density at radius 3 is 2.43 bits per heavy atom. The van der Waals surface area contributed by atoms with Gasteiger partial charge in [-0.3, -0.25) is 0 Å². The van der Waals surface area contributed by atoms with Crippen LogP contribution in [0, 0.1) is 0 Å². The maximum absolute atomic E-state index is 9.99. The van der Waals surface area contributed by atoms with E-state index in [4.69, 9.17) is 0 Å². The van der Waals surface area contributed by atoms with E-state index in [-0.39, 0.29) is 11.5 Å². The molecule has 2 aromatic rings. The molecule has 0 aromatic heterocycles. The average molecular weight is 287 g/mol. The summed E-state index contributed by atoms with van der Waals surface area (Å²) in [5, 5.41) is 31.8. The van der Waals surface area contributed by atoms with Gasteiger partial charge in [-0.25, -0.2) is 0 Å². The number of nitrogens with one attached hydrogen (secondary N) is 1. The van der Waals surface area contributed by atoms with Crippen LogP contribution >= 0.6 is 0 Å². The number of phenolic OH excluding ortho intramolecular Hbond substituents is 2. The second kappa shape index (κ2) is 7.67. The highest BCUT2D eigenvalue weighted by Gasteiger charge is 2.07. The molecule has 0 saturated heterocycles. The first-order valence-corrected chi connectivity index (χ1v) is 7.11. The van der Waals surface area contributed by atoms with E-state index in [1.807, 2.05) is 12.1 Å². The van der Waals surface area contributed by atoms with Crippen LogP contribution in [-0.2, 0) is 6.42 Å². The molecule has 4 nitrogen and oxygen atoms in total. The Morgan fingerprint density at radius 1 is 0.952 bits per heavy atom. The highest BCUT2D eigenvalue weighted by Crippen LogP contribution is 2.17. The molecule has 1 unspecified atom stereocenters. The third-order valence-electron chi connectivity index (χ3n) is 3.35. The summed E-state index contributed by atoms with van der Waals surface area (Å²) in [7, 11) is 0. The molecule has 2 aromatic carbocycles. The Labute approximate surface area is 124 Å². The summed E-state index contributed by atoms with van der Waals surface area (Å²) in [6.45, 7) is 1.26. The van der Waals surface area contributed by atoms with Crippen molar-refractivity contribution in [2.75, 3.05) is 13.1 Å². The van der Waals surface area contributed by atoms with Crippen LogP contribution < -0.4 is 5.32 Å². The summed E-state index contributed by atoms with van der Waals surface area (Å²) in [5.41, 5.74) is 1.89. The van der Waals surface area contributed by atoms with Crippen LogP contribution in [0.5, 0.6) is 11.5 Å². The van der Waals surface area contributed by atoms with Crippen molar-refractivity contribution in [1.29, 1.82) is 0 Å². The summed E-state index contributed by atoms with van der Waals surface area (Å²) >= 11 is 0. The van der Waals surface area contributed by atoms with Crippen LogP contribution in [0.2, 0.25) is 0 Å². The van der Waals surface area contributed by atoms with Crippen molar-refractivity contribution in [3.63, 3.8) is 0 Å². The summed E-state index contributed by atoms with van der Waals surface area (Å²) in [6.07, 6.45) is 1.26. The zero-order valence-electron chi connectivity index (χ0n) is 11.9. The largest absolute Gasteiger partial charge is 0.508 e. The van der Waals surface area contributed by atoms with Gasteiger partial charge in [0.1, 0.15) is 11.5 Å². The maximum atomic E-state index is 9.99. The molecule has 4 N–H and O–H groups in total. The van der Waals surface area contributed by atoms with Crippen LogP contribution in [0.25, 0.3) is 0 Å². The number of rotatable bonds is 7. The molecule has 112 valence electrons. The van der Waals surface area contributed by atoms with Gasteiger partial charge in [0, 0.05) is 6.54 Å². The molecule has 0 aliphatic rings. The number of hydrogen-bond acceptors (Lipinski definition) is 4. The Hall–Kier alpha value is -2.04. The quantitative estimate of drug-likeness (QED) is 0.590. The van der Waals surface area contributed by atoms with E-state index < -0.39 is 6.10 Å². The molecular weight excluding hydrogens is 266 g/mol. The molecule has 2 rings (SSSR count). The summed E-state index contributed by atoms with van der Waals surface area (Å²) < 4.78 is 0. The Bertz CT molecular complexity index is 554. The predicted molar refractivity (Wildman–Crippen MR) is 82.4 cm³/mol. The Morgan fingerprint density at radius 2 is 1.71 bits per heavy atom. The van der Waals surface area contributed by atoms with Crippen molar-refractivity contribution in [2.45, 2.75) is 18.9 Å². The van der Waals surface area contributed by atoms with E-state index >= 15 is 0 Å². The standard InChI is InChI=1S/C17H21NO3/c19-15-8-6-13(7-9-15)3-2-10-18-12-17(21)14-4-1-5-16(20)11-14/h1,4-9,11,17-21H,2-3,10,12H2. The fourth-order valence-electron chi connectivity index (χ4n) is 2.17. The maximum Gasteiger partial charge on any atom is 0.115 e. The van der Waals surface area contributed by atoms with E-state index in [1.165, 1.54) is 5.56 Å². The lowest BCUT2D eigenvalue weighted by atomic mass is 10.1. The fraction of sp³-hybridized carbons (Fsp3) is 0.294. The van der Waals surface area contributed by atoms with E-state index in [0.717, 1.165) is 19.4 Å². The van der Waals surface area contributed by atoms with Gasteiger partial charge in [-0.05, 0) is 54.8 Å². The van der Waals surface area contributed by atoms with Gasteiger partial charge in [-0.15, -0.1) is 0 Å². The molecule has 1 atom stereocenters. The van der Waals surface area contributed by atoms with E-state index in [2.05, 4.69) is 5.32 Å². The van der Waals surface area contributed by atoms with Crippen molar-refractivity contribution in [2.24, 2.45) is 0 Å². The Kier molecular flexibility index (Phi) is 5.60. The van der Waals surface area contributed by atoms with Crippen molar-refractivity contribution in [3.05, 3.63) is 59.7 Å². The number of aliphatic hydroxyl groups excluding tert-OH is 1. The first-order chi connectivity index (χ1) is 10.1. The predicted octanol–water partition coefficient (Wildman–Crippen LogP) is 2.35. The lowest BCUT2D eigenvalue weighted by Gasteiger charge is -2.12. The van der Waals surface area contributed by atoms with Crippen LogP contribution in [0.3, 0.4) is 0 Å². The van der Waals surface area contributed by atoms with Crippen molar-refractivity contribution in [3.8, 4) is 11.5 Å². The molecule has 0 spiro atoms. The van der Waals surface area contributed by atoms with Gasteiger partial charge in [-0.2, -0.15) is 0 Å². The minimum absolute atomic E-state index is 0.166. The number of hydrogen-bond donors (Lipinski definition) is 4. The Balaban J connectivity index is 1.66. The first-order valence-electron chi connectivity index (χ1n) is 7.11. The number of benzene rings is 2. The average Bonchev–Trinajstić information content (AvgIpc) is 2.48. The first kappa shape index (κ1) is 15.4. The number of aliphatic hydroxyl groups is 1. The molecular formula is C17H21NO3. The summed E-state index contributed by atoms with van der Waals surface area (Å²) in [6, 6.07) is 13.9. The number of aromatic hydroxyl groups is 2. The van der Waals surface area contributed by atoms with Gasteiger partial charge in [0.25, 0.3) is 0 Å². The molecule has 4 heteroatoms. The fourth-order valence-corrected chi connectivity index (χ4v) is 2.17. The third-order valence-corrected chi connectivity index (χ3v) is 3.35. The number of aryl methyl sites for hydroxylation is 1. The van der Waals surface area contributed by atoms with Crippen molar-refractivity contribution >= 4 is 0 Å². The van der Waals surface area contributed by atoms with Crippen LogP contribution in [0.4, 0.5) is 0 Å². The minimum atomic E-state index is -0.620. The molecule has 0 amide bonds. The molecule has 0 heterocycles. The number of phenols is 2. The van der Waals surface area contributed by atoms with Crippen LogP contribution in [-0.4, -0.2) is 28.4 Å². The highest BCUT2D eigenvalue weighted by atomic mass is 16.3. The molecule has 0 bridgehead atoms. The molecule has 0 fully saturated rings. The lowest BCUT2D eigenvalue weighted by Crippen LogP contribution is -2.22. The lowest BCUT2D eigenvalue weighted by molar-refractivity contribution is 0.174. The topological polar surface area (TPSA) is 72.7 Å². The van der Waals surface area contributed by atoms with Gasteiger partial charge in [0.05, 0.1) is 6.10 Å². The molecule has 0 saturated carbocycles. The van der Waals surface area contributed by atoms with Crippen LogP contribution in [0.15, 0.2) is 48.5 Å². The second-order valence-corrected chi connectivity index (χ2v) is 5.08. The molecule has 0 aliphatic heterocycles. The van der Waals surface area contributed by atoms with Gasteiger partial charge in [-0.1, -0.05) is 24.3 Å². The second-order valence-electron chi connectivity index (χ2n) is 5.08. The molecule has 0 radical (unpaired) electrons. The van der Waals surface area contributed by atoms with Crippen LogP contribution in [0.1, 0.15) is 23.7 Å². The zero-order valence-corrected chi connectivity index (χ0v) is 11.9. The van der Waals surface area contributed by atoms with Gasteiger partial charge >= 0.3 is 0 Å². The monoisotopic (exact) mass is 287 g/mol. The SMILES string of the molecule is Oc1ccc(CCCNCC(O)c2cccc(O)c2)cc1. The minimum Gasteiger partial charge on any atom is -0.508 e. The third kappa shape index (κ3) is 5.10. The smallest absolute Gasteiger partial charge is 0.115 e. The van der Waals surface area contributed by atoms with E-state index in [0.29, 0.717) is 12.1 Å². The van der Waals surface area contributed by atoms with Gasteiger partial charge in [0.2, 0.25) is 0 Å². The normalized spacial score (nSPS) is 12.2. The van der Waals surface area contributed by atoms with Crippen molar-refractivity contribution < 1.29 is 15.3 Å². The van der Waals surface area contributed by atoms with Crippen molar-refractivity contribution in [1.82, 2.24) is 5.32 Å². The van der Waals surface area contributed by atoms with E-state index in [1.54, 1.807) is 36.4 Å². The van der Waals surface area contributed by atoms with Gasteiger partial charge < -0.3 is 20.6 Å². The molecule has 0 aliphatic carbocycles.